The standard InChI is InChI=1S/C10H12ClN3O4/c1-18-4-2-3-12-10(15)8-5-7(14(16)17)6-13-9(8)11/h5-6H,2-4H2,1H3,(H,12,15). The van der Waals surface area contributed by atoms with Gasteiger partial charge in [0.05, 0.1) is 10.5 Å². The Labute approximate surface area is 108 Å². The molecule has 0 atom stereocenters. The van der Waals surface area contributed by atoms with Gasteiger partial charge in [-0.05, 0) is 6.42 Å². The zero-order chi connectivity index (χ0) is 13.5. The molecule has 0 aromatic carbocycles. The Morgan fingerprint density at radius 2 is 2.39 bits per heavy atom. The summed E-state index contributed by atoms with van der Waals surface area (Å²) in [5.74, 6) is -0.493. The quantitative estimate of drug-likeness (QED) is 0.366. The number of ether oxygens (including phenoxy) is 1. The molecule has 7 nitrogen and oxygen atoms in total. The first-order valence-corrected chi connectivity index (χ1v) is 5.51. The van der Waals surface area contributed by atoms with E-state index in [0.29, 0.717) is 19.6 Å². The van der Waals surface area contributed by atoms with E-state index in [9.17, 15) is 14.9 Å². The third kappa shape index (κ3) is 3.94. The third-order valence-corrected chi connectivity index (χ3v) is 2.39. The number of hydrogen-bond donors (Lipinski definition) is 1. The Bertz CT molecular complexity index is 453. The molecule has 0 radical (unpaired) electrons. The lowest BCUT2D eigenvalue weighted by atomic mass is 10.2. The highest BCUT2D eigenvalue weighted by Crippen LogP contribution is 2.18. The first kappa shape index (κ1) is 14.3. The van der Waals surface area contributed by atoms with Gasteiger partial charge in [0.1, 0.15) is 11.3 Å². The molecule has 0 saturated heterocycles. The molecule has 98 valence electrons. The van der Waals surface area contributed by atoms with E-state index in [1.807, 2.05) is 0 Å². The van der Waals surface area contributed by atoms with E-state index >= 15 is 0 Å². The summed E-state index contributed by atoms with van der Waals surface area (Å²) in [7, 11) is 1.56. The van der Waals surface area contributed by atoms with E-state index in [4.69, 9.17) is 16.3 Å². The molecule has 18 heavy (non-hydrogen) atoms. The van der Waals surface area contributed by atoms with Gasteiger partial charge < -0.3 is 10.1 Å². The summed E-state index contributed by atoms with van der Waals surface area (Å²) in [6.07, 6.45) is 1.65. The van der Waals surface area contributed by atoms with Gasteiger partial charge in [-0.3, -0.25) is 14.9 Å². The van der Waals surface area contributed by atoms with Crippen molar-refractivity contribution in [3.05, 3.63) is 33.1 Å². The Morgan fingerprint density at radius 3 is 3.00 bits per heavy atom. The molecule has 1 N–H and O–H groups in total. The number of hydrogen-bond acceptors (Lipinski definition) is 5. The van der Waals surface area contributed by atoms with Crippen molar-refractivity contribution in [2.24, 2.45) is 0 Å². The molecule has 0 unspecified atom stereocenters. The molecule has 1 rings (SSSR count). The van der Waals surface area contributed by atoms with Crippen LogP contribution in [0.3, 0.4) is 0 Å². The van der Waals surface area contributed by atoms with Gasteiger partial charge in [-0.25, -0.2) is 4.98 Å². The zero-order valence-electron chi connectivity index (χ0n) is 9.68. The van der Waals surface area contributed by atoms with Crippen LogP contribution in [-0.4, -0.2) is 36.1 Å². The maximum atomic E-state index is 11.7. The van der Waals surface area contributed by atoms with Crippen molar-refractivity contribution in [3.63, 3.8) is 0 Å². The van der Waals surface area contributed by atoms with E-state index in [-0.39, 0.29) is 16.4 Å². The number of pyridine rings is 1. The van der Waals surface area contributed by atoms with Crippen LogP contribution in [0, 0.1) is 10.1 Å². The van der Waals surface area contributed by atoms with Gasteiger partial charge in [0.15, 0.2) is 0 Å². The molecular weight excluding hydrogens is 262 g/mol. The number of halogens is 1. The molecule has 1 amide bonds. The van der Waals surface area contributed by atoms with Crippen molar-refractivity contribution in [2.75, 3.05) is 20.3 Å². The number of nitro groups is 1. The average molecular weight is 274 g/mol. The Balaban J connectivity index is 2.72. The SMILES string of the molecule is COCCCNC(=O)c1cc([N+](=O)[O-])cnc1Cl. The van der Waals surface area contributed by atoms with Gasteiger partial charge in [0, 0.05) is 26.3 Å². The van der Waals surface area contributed by atoms with Gasteiger partial charge in [-0.2, -0.15) is 0 Å². The highest BCUT2D eigenvalue weighted by molar-refractivity contribution is 6.32. The number of amides is 1. The molecule has 0 spiro atoms. The predicted octanol–water partition coefficient (Wildman–Crippen LogP) is 1.41. The number of carbonyl (C=O) groups is 1. The summed E-state index contributed by atoms with van der Waals surface area (Å²) in [5, 5.41) is 13.1. The lowest BCUT2D eigenvalue weighted by Gasteiger charge is -2.05. The number of aromatic nitrogens is 1. The summed E-state index contributed by atoms with van der Waals surface area (Å²) in [6.45, 7) is 0.910. The van der Waals surface area contributed by atoms with E-state index in [2.05, 4.69) is 10.3 Å². The number of nitrogens with zero attached hydrogens (tertiary/aromatic N) is 2. The number of carbonyl (C=O) groups excluding carboxylic acids is 1. The molecule has 0 saturated carbocycles. The average Bonchev–Trinajstić information content (AvgIpc) is 2.34. The van der Waals surface area contributed by atoms with Crippen LogP contribution in [0.2, 0.25) is 5.15 Å². The van der Waals surface area contributed by atoms with Crippen molar-refractivity contribution in [1.29, 1.82) is 0 Å². The van der Waals surface area contributed by atoms with Gasteiger partial charge in [0.2, 0.25) is 0 Å². The molecule has 8 heteroatoms. The minimum Gasteiger partial charge on any atom is -0.385 e. The first-order valence-electron chi connectivity index (χ1n) is 5.13. The zero-order valence-corrected chi connectivity index (χ0v) is 10.4. The highest BCUT2D eigenvalue weighted by atomic mass is 35.5. The van der Waals surface area contributed by atoms with Crippen molar-refractivity contribution in [3.8, 4) is 0 Å². The fraction of sp³-hybridized carbons (Fsp3) is 0.400. The van der Waals surface area contributed by atoms with E-state index < -0.39 is 10.8 Å². The minimum absolute atomic E-state index is 0.0108. The van der Waals surface area contributed by atoms with Crippen LogP contribution in [0.1, 0.15) is 16.8 Å². The highest BCUT2D eigenvalue weighted by Gasteiger charge is 2.16. The molecule has 1 heterocycles. The van der Waals surface area contributed by atoms with E-state index in [0.717, 1.165) is 12.3 Å². The molecule has 0 aliphatic heterocycles. The third-order valence-electron chi connectivity index (χ3n) is 2.09. The number of nitrogens with one attached hydrogen (secondary N) is 1. The molecule has 1 aromatic rings. The van der Waals surface area contributed by atoms with E-state index in [1.165, 1.54) is 0 Å². The van der Waals surface area contributed by atoms with E-state index in [1.54, 1.807) is 7.11 Å². The molecule has 0 bridgehead atoms. The number of methoxy groups -OCH3 is 1. The smallest absolute Gasteiger partial charge is 0.288 e. The van der Waals surface area contributed by atoms with Crippen LogP contribution in [-0.2, 0) is 4.74 Å². The Kier molecular flexibility index (Phi) is 5.47. The van der Waals surface area contributed by atoms with Gasteiger partial charge in [-0.1, -0.05) is 11.6 Å². The van der Waals surface area contributed by atoms with Crippen LogP contribution < -0.4 is 5.32 Å². The van der Waals surface area contributed by atoms with Gasteiger partial charge in [-0.15, -0.1) is 0 Å². The van der Waals surface area contributed by atoms with Gasteiger partial charge in [0.25, 0.3) is 11.6 Å². The second-order valence-corrected chi connectivity index (χ2v) is 3.75. The lowest BCUT2D eigenvalue weighted by Crippen LogP contribution is -2.25. The fourth-order valence-electron chi connectivity index (χ4n) is 1.21. The van der Waals surface area contributed by atoms with Crippen LogP contribution in [0.25, 0.3) is 0 Å². The molecule has 0 fully saturated rings. The van der Waals surface area contributed by atoms with Crippen molar-refractivity contribution >= 4 is 23.2 Å². The monoisotopic (exact) mass is 273 g/mol. The second kappa shape index (κ2) is 6.87. The van der Waals surface area contributed by atoms with Gasteiger partial charge >= 0.3 is 0 Å². The van der Waals surface area contributed by atoms with Crippen LogP contribution >= 0.6 is 11.6 Å². The second-order valence-electron chi connectivity index (χ2n) is 3.39. The summed E-state index contributed by atoms with van der Waals surface area (Å²) >= 11 is 5.72. The topological polar surface area (TPSA) is 94.4 Å². The largest absolute Gasteiger partial charge is 0.385 e. The summed E-state index contributed by atoms with van der Waals surface area (Å²) in [4.78, 5) is 25.2. The molecule has 1 aromatic heterocycles. The first-order chi connectivity index (χ1) is 8.56. The summed E-state index contributed by atoms with van der Waals surface area (Å²) in [6, 6.07) is 1.10. The Morgan fingerprint density at radius 1 is 1.67 bits per heavy atom. The molecule has 0 aliphatic carbocycles. The van der Waals surface area contributed by atoms with Crippen LogP contribution in [0.5, 0.6) is 0 Å². The summed E-state index contributed by atoms with van der Waals surface area (Å²) in [5.41, 5.74) is -0.287. The van der Waals surface area contributed by atoms with Crippen molar-refractivity contribution in [2.45, 2.75) is 6.42 Å². The fourth-order valence-corrected chi connectivity index (χ4v) is 1.40. The minimum atomic E-state index is -0.634. The number of rotatable bonds is 6. The maximum absolute atomic E-state index is 11.7. The lowest BCUT2D eigenvalue weighted by molar-refractivity contribution is -0.385. The van der Waals surface area contributed by atoms with Crippen molar-refractivity contribution < 1.29 is 14.5 Å². The normalized spacial score (nSPS) is 10.1. The van der Waals surface area contributed by atoms with Crippen molar-refractivity contribution in [1.82, 2.24) is 10.3 Å². The summed E-state index contributed by atoms with van der Waals surface area (Å²) < 4.78 is 4.82. The maximum Gasteiger partial charge on any atom is 0.288 e. The van der Waals surface area contributed by atoms with Crippen LogP contribution in [0.15, 0.2) is 12.3 Å². The Hall–Kier alpha value is -1.73. The predicted molar refractivity (Wildman–Crippen MR) is 64.7 cm³/mol. The van der Waals surface area contributed by atoms with Crippen LogP contribution in [0.4, 0.5) is 5.69 Å². The molecular formula is C10H12ClN3O4. The molecule has 0 aliphatic rings.